The number of piperidine rings is 1. The minimum absolute atomic E-state index is 0.121. The predicted molar refractivity (Wildman–Crippen MR) is 182 cm³/mol. The smallest absolute Gasteiger partial charge is 0.264 e. The minimum atomic E-state index is -0.526. The van der Waals surface area contributed by atoms with E-state index in [4.69, 9.17) is 20.3 Å². The molecule has 254 valence electrons. The third-order valence-corrected chi connectivity index (χ3v) is 9.84. The first-order valence-corrected chi connectivity index (χ1v) is 16.7. The number of nitrogens with zero attached hydrogens (tertiary/aromatic N) is 8. The zero-order chi connectivity index (χ0) is 34.1. The molecule has 1 unspecified atom stereocenters. The van der Waals surface area contributed by atoms with Crippen molar-refractivity contribution in [3.8, 4) is 28.8 Å². The van der Waals surface area contributed by atoms with Crippen LogP contribution in [0.15, 0.2) is 66.4 Å². The SMILES string of the molecule is CC(C)(/C=C(\C#N)C(=O)N1CCCC(n2nc(-c3ccc(Oc4ccccc4)cc3F)c3c(N)cnnc32)C1)N1CCN(C2COC2)CC1. The molecule has 3 saturated heterocycles. The molecule has 5 heterocycles. The molecule has 0 saturated carbocycles. The van der Waals surface area contributed by atoms with Crippen LogP contribution < -0.4 is 10.5 Å². The molecule has 49 heavy (non-hydrogen) atoms. The molecular formula is C36H40FN9O3. The summed E-state index contributed by atoms with van der Waals surface area (Å²) in [6.07, 6.45) is 4.63. The van der Waals surface area contributed by atoms with E-state index in [1.807, 2.05) is 24.3 Å². The maximum Gasteiger partial charge on any atom is 0.264 e. The van der Waals surface area contributed by atoms with Crippen LogP contribution in [-0.2, 0) is 9.53 Å². The number of benzene rings is 2. The first-order chi connectivity index (χ1) is 23.7. The van der Waals surface area contributed by atoms with E-state index in [-0.39, 0.29) is 23.1 Å². The van der Waals surface area contributed by atoms with Gasteiger partial charge in [0.05, 0.1) is 42.6 Å². The molecule has 3 aliphatic heterocycles. The quantitative estimate of drug-likeness (QED) is 0.213. The van der Waals surface area contributed by atoms with Gasteiger partial charge < -0.3 is 20.1 Å². The molecule has 0 bridgehead atoms. The lowest BCUT2D eigenvalue weighted by Gasteiger charge is -2.46. The van der Waals surface area contributed by atoms with Crippen LogP contribution in [0.4, 0.5) is 10.1 Å². The average Bonchev–Trinajstić information content (AvgIpc) is 3.48. The second kappa shape index (κ2) is 13.5. The predicted octanol–water partition coefficient (Wildman–Crippen LogP) is 4.42. The molecule has 7 rings (SSSR count). The lowest BCUT2D eigenvalue weighted by atomic mass is 9.96. The second-order valence-corrected chi connectivity index (χ2v) is 13.4. The van der Waals surface area contributed by atoms with Crippen molar-refractivity contribution in [1.29, 1.82) is 5.26 Å². The van der Waals surface area contributed by atoms with E-state index in [0.717, 1.165) is 39.4 Å². The van der Waals surface area contributed by atoms with Crippen LogP contribution in [0, 0.1) is 17.1 Å². The topological polar surface area (TPSA) is 139 Å². The van der Waals surface area contributed by atoms with Gasteiger partial charge in [0.2, 0.25) is 0 Å². The van der Waals surface area contributed by atoms with E-state index >= 15 is 4.39 Å². The highest BCUT2D eigenvalue weighted by Crippen LogP contribution is 2.37. The Bertz CT molecular complexity index is 1910. The Kier molecular flexibility index (Phi) is 9.02. The number of carbonyl (C=O) groups excluding carboxylic acids is 1. The highest BCUT2D eigenvalue weighted by Gasteiger charge is 2.35. The fourth-order valence-corrected chi connectivity index (χ4v) is 7.01. The number of halogens is 1. The monoisotopic (exact) mass is 665 g/mol. The molecule has 0 aliphatic carbocycles. The molecule has 0 radical (unpaired) electrons. The number of ether oxygens (including phenoxy) is 2. The van der Waals surface area contributed by atoms with Gasteiger partial charge >= 0.3 is 0 Å². The summed E-state index contributed by atoms with van der Waals surface area (Å²) >= 11 is 0. The number of fused-ring (bicyclic) bond motifs is 1. The van der Waals surface area contributed by atoms with Crippen molar-refractivity contribution in [1.82, 2.24) is 34.7 Å². The summed E-state index contributed by atoms with van der Waals surface area (Å²) in [4.78, 5) is 20.3. The third-order valence-electron chi connectivity index (χ3n) is 9.84. The van der Waals surface area contributed by atoms with E-state index in [1.165, 1.54) is 12.3 Å². The molecule has 13 heteroatoms. The largest absolute Gasteiger partial charge is 0.457 e. The van der Waals surface area contributed by atoms with Gasteiger partial charge in [-0.3, -0.25) is 14.6 Å². The van der Waals surface area contributed by atoms with Crippen molar-refractivity contribution in [3.05, 3.63) is 72.2 Å². The van der Waals surface area contributed by atoms with Gasteiger partial charge in [-0.2, -0.15) is 15.5 Å². The number of para-hydroxylation sites is 1. The number of hydrogen-bond acceptors (Lipinski definition) is 10. The molecule has 1 amide bonds. The van der Waals surface area contributed by atoms with Crippen molar-refractivity contribution in [2.75, 3.05) is 58.2 Å². The Morgan fingerprint density at radius 2 is 1.86 bits per heavy atom. The van der Waals surface area contributed by atoms with E-state index in [0.29, 0.717) is 65.9 Å². The van der Waals surface area contributed by atoms with Crippen LogP contribution in [0.5, 0.6) is 11.5 Å². The standard InChI is InChI=1S/C36H40FN9O3/c1-36(2,45-15-13-43(14-16-45)26-22-48-23-26)18-24(19-38)35(47)44-12-6-7-25(21-44)46-34-32(31(39)20-40-41-34)33(42-46)29-11-10-28(17-30(29)37)49-27-8-4-3-5-9-27/h3-5,8-11,17-18,20,25-26H,6-7,12-16,21-23H2,1-2H3,(H2,39,41)/b24-18+. The number of aromatic nitrogens is 4. The number of likely N-dealkylation sites (tertiary alicyclic amines) is 1. The van der Waals surface area contributed by atoms with Gasteiger partial charge in [0, 0.05) is 56.4 Å². The van der Waals surface area contributed by atoms with E-state index in [2.05, 4.69) is 39.9 Å². The van der Waals surface area contributed by atoms with E-state index in [1.54, 1.807) is 33.8 Å². The number of hydrogen-bond donors (Lipinski definition) is 1. The summed E-state index contributed by atoms with van der Waals surface area (Å²) in [5, 5.41) is 23.9. The van der Waals surface area contributed by atoms with Crippen molar-refractivity contribution < 1.29 is 18.7 Å². The van der Waals surface area contributed by atoms with Crippen LogP contribution in [0.2, 0.25) is 0 Å². The maximum absolute atomic E-state index is 15.7. The number of piperazine rings is 1. The van der Waals surface area contributed by atoms with Gasteiger partial charge in [-0.1, -0.05) is 18.2 Å². The van der Waals surface area contributed by atoms with Crippen molar-refractivity contribution >= 4 is 22.6 Å². The number of carbonyl (C=O) groups is 1. The normalized spacial score (nSPS) is 19.8. The fourth-order valence-electron chi connectivity index (χ4n) is 7.01. The van der Waals surface area contributed by atoms with E-state index in [9.17, 15) is 10.1 Å². The molecular weight excluding hydrogens is 625 g/mol. The van der Waals surface area contributed by atoms with Crippen LogP contribution >= 0.6 is 0 Å². The van der Waals surface area contributed by atoms with Gasteiger partial charge in [-0.05, 0) is 57.0 Å². The number of nitrogen functional groups attached to an aromatic ring is 1. The van der Waals surface area contributed by atoms with E-state index < -0.39 is 11.4 Å². The summed E-state index contributed by atoms with van der Waals surface area (Å²) in [6.45, 7) is 10.1. The first kappa shape index (κ1) is 32.6. The summed E-state index contributed by atoms with van der Waals surface area (Å²) in [5.74, 6) is 0.103. The lowest BCUT2D eigenvalue weighted by Crippen LogP contribution is -2.59. The Labute approximate surface area is 284 Å². The molecule has 2 N–H and O–H groups in total. The Balaban J connectivity index is 1.11. The number of amides is 1. The fraction of sp³-hybridized carbons (Fsp3) is 0.417. The number of rotatable bonds is 8. The Morgan fingerprint density at radius 1 is 1.08 bits per heavy atom. The lowest BCUT2D eigenvalue weighted by molar-refractivity contribution is -0.128. The molecule has 3 fully saturated rings. The minimum Gasteiger partial charge on any atom is -0.457 e. The second-order valence-electron chi connectivity index (χ2n) is 13.4. The Morgan fingerprint density at radius 3 is 2.55 bits per heavy atom. The van der Waals surface area contributed by atoms with Crippen LogP contribution in [-0.4, -0.2) is 105 Å². The summed E-state index contributed by atoms with van der Waals surface area (Å²) in [5.41, 5.74) is 7.32. The average molecular weight is 666 g/mol. The number of anilines is 1. The zero-order valence-corrected chi connectivity index (χ0v) is 27.8. The van der Waals surface area contributed by atoms with Gasteiger partial charge in [0.25, 0.3) is 5.91 Å². The number of nitrogens with two attached hydrogens (primary N) is 1. The van der Waals surface area contributed by atoms with Crippen molar-refractivity contribution in [2.24, 2.45) is 0 Å². The maximum atomic E-state index is 15.7. The van der Waals surface area contributed by atoms with Crippen LogP contribution in [0.3, 0.4) is 0 Å². The molecule has 0 spiro atoms. The third kappa shape index (κ3) is 6.59. The molecule has 4 aromatic rings. The summed E-state index contributed by atoms with van der Waals surface area (Å²) in [6, 6.07) is 16.2. The molecule has 1 atom stereocenters. The molecule has 3 aliphatic rings. The molecule has 12 nitrogen and oxygen atoms in total. The van der Waals surface area contributed by atoms with Gasteiger partial charge in [0.1, 0.15) is 34.7 Å². The zero-order valence-electron chi connectivity index (χ0n) is 27.8. The van der Waals surface area contributed by atoms with Gasteiger partial charge in [-0.25, -0.2) is 9.07 Å². The summed E-state index contributed by atoms with van der Waals surface area (Å²) < 4.78 is 28.6. The van der Waals surface area contributed by atoms with Crippen molar-refractivity contribution in [3.63, 3.8) is 0 Å². The highest BCUT2D eigenvalue weighted by atomic mass is 19.1. The van der Waals surface area contributed by atoms with Crippen molar-refractivity contribution in [2.45, 2.75) is 44.3 Å². The highest BCUT2D eigenvalue weighted by molar-refractivity contribution is 6.00. The molecule has 2 aromatic heterocycles. The van der Waals surface area contributed by atoms with Gasteiger partial charge in [0.15, 0.2) is 5.65 Å². The van der Waals surface area contributed by atoms with Crippen LogP contribution in [0.1, 0.15) is 32.7 Å². The van der Waals surface area contributed by atoms with Crippen LogP contribution in [0.25, 0.3) is 22.3 Å². The summed E-state index contributed by atoms with van der Waals surface area (Å²) in [7, 11) is 0. The van der Waals surface area contributed by atoms with Gasteiger partial charge in [-0.15, -0.1) is 5.10 Å². The molecule has 2 aromatic carbocycles. The number of nitriles is 1. The Hall–Kier alpha value is -4.90. The first-order valence-electron chi connectivity index (χ1n) is 16.7.